The highest BCUT2D eigenvalue weighted by atomic mass is 19.1. The van der Waals surface area contributed by atoms with E-state index in [1.54, 1.807) is 38.1 Å². The van der Waals surface area contributed by atoms with E-state index in [1.807, 2.05) is 24.5 Å². The number of amides is 1. The number of anilines is 1. The van der Waals surface area contributed by atoms with E-state index >= 15 is 0 Å². The molecule has 0 aliphatic carbocycles. The number of esters is 1. The van der Waals surface area contributed by atoms with E-state index in [0.717, 1.165) is 16.9 Å². The normalized spacial score (nSPS) is 12.0. The van der Waals surface area contributed by atoms with Crippen molar-refractivity contribution in [1.82, 2.24) is 4.57 Å². The molecule has 1 heterocycles. The molecule has 0 saturated heterocycles. The van der Waals surface area contributed by atoms with Crippen LogP contribution in [0.2, 0.25) is 0 Å². The number of ether oxygens (including phenoxy) is 1. The van der Waals surface area contributed by atoms with Gasteiger partial charge < -0.3 is 10.1 Å². The van der Waals surface area contributed by atoms with Crippen LogP contribution in [-0.4, -0.2) is 23.1 Å². The van der Waals surface area contributed by atoms with Crippen molar-refractivity contribution in [3.8, 4) is 0 Å². The number of benzene rings is 2. The van der Waals surface area contributed by atoms with Gasteiger partial charge in [0.1, 0.15) is 5.82 Å². The van der Waals surface area contributed by atoms with Crippen molar-refractivity contribution in [1.29, 1.82) is 0 Å². The Morgan fingerprint density at radius 2 is 1.93 bits per heavy atom. The first-order valence-corrected chi connectivity index (χ1v) is 9.65. The SMILES string of the molecule is CCOC(=O)c1ccc2c(c1)n([C@@H](C)C(=O)Nc1ccccc1F)c(C)[n+]2CC. The molecule has 2 aromatic carbocycles. The Kier molecular flexibility index (Phi) is 5.96. The Morgan fingerprint density at radius 1 is 1.21 bits per heavy atom. The molecule has 0 bridgehead atoms. The second-order valence-corrected chi connectivity index (χ2v) is 6.73. The summed E-state index contributed by atoms with van der Waals surface area (Å²) in [6.45, 7) is 8.42. The summed E-state index contributed by atoms with van der Waals surface area (Å²) in [6, 6.07) is 10.7. The summed E-state index contributed by atoms with van der Waals surface area (Å²) in [5.41, 5.74) is 2.20. The zero-order valence-electron chi connectivity index (χ0n) is 17.0. The maximum Gasteiger partial charge on any atom is 0.338 e. The quantitative estimate of drug-likeness (QED) is 0.508. The Bertz CT molecular complexity index is 1070. The molecule has 0 aliphatic rings. The number of carbonyl (C=O) groups excluding carboxylic acids is 2. The van der Waals surface area contributed by atoms with E-state index < -0.39 is 17.8 Å². The predicted octanol–water partition coefficient (Wildman–Crippen LogP) is 3.77. The summed E-state index contributed by atoms with van der Waals surface area (Å²) in [5.74, 6) is -0.388. The first kappa shape index (κ1) is 20.5. The molecule has 0 saturated carbocycles. The zero-order chi connectivity index (χ0) is 21.1. The lowest BCUT2D eigenvalue weighted by molar-refractivity contribution is -0.675. The molecular weight excluding hydrogens is 373 g/mol. The minimum Gasteiger partial charge on any atom is -0.462 e. The number of para-hydroxylation sites is 1. The molecule has 0 aliphatic heterocycles. The molecule has 29 heavy (non-hydrogen) atoms. The minimum absolute atomic E-state index is 0.133. The van der Waals surface area contributed by atoms with Crippen LogP contribution in [-0.2, 0) is 16.1 Å². The van der Waals surface area contributed by atoms with Gasteiger partial charge in [-0.25, -0.2) is 18.3 Å². The van der Waals surface area contributed by atoms with Crippen LogP contribution in [0, 0.1) is 12.7 Å². The van der Waals surface area contributed by atoms with Crippen molar-refractivity contribution in [2.24, 2.45) is 0 Å². The first-order chi connectivity index (χ1) is 13.9. The highest BCUT2D eigenvalue weighted by Crippen LogP contribution is 2.23. The fourth-order valence-electron chi connectivity index (χ4n) is 3.57. The van der Waals surface area contributed by atoms with E-state index in [2.05, 4.69) is 9.88 Å². The monoisotopic (exact) mass is 398 g/mol. The number of aromatic nitrogens is 2. The van der Waals surface area contributed by atoms with Gasteiger partial charge >= 0.3 is 5.97 Å². The molecule has 1 aromatic heterocycles. The van der Waals surface area contributed by atoms with Crippen molar-refractivity contribution in [3.05, 3.63) is 59.7 Å². The zero-order valence-corrected chi connectivity index (χ0v) is 17.0. The van der Waals surface area contributed by atoms with Crippen molar-refractivity contribution in [2.75, 3.05) is 11.9 Å². The van der Waals surface area contributed by atoms with E-state index in [9.17, 15) is 14.0 Å². The topological polar surface area (TPSA) is 64.2 Å². The van der Waals surface area contributed by atoms with Gasteiger partial charge in [0.2, 0.25) is 0 Å². The summed E-state index contributed by atoms with van der Waals surface area (Å²) in [6.07, 6.45) is 0. The fourth-order valence-corrected chi connectivity index (χ4v) is 3.57. The smallest absolute Gasteiger partial charge is 0.338 e. The van der Waals surface area contributed by atoms with Gasteiger partial charge in [-0.3, -0.25) is 4.79 Å². The summed E-state index contributed by atoms with van der Waals surface area (Å²) in [5, 5.41) is 2.65. The van der Waals surface area contributed by atoms with Crippen LogP contribution in [0.5, 0.6) is 0 Å². The molecule has 0 fully saturated rings. The van der Waals surface area contributed by atoms with Crippen molar-refractivity contribution < 1.29 is 23.3 Å². The maximum absolute atomic E-state index is 13.9. The maximum atomic E-state index is 13.9. The lowest BCUT2D eigenvalue weighted by atomic mass is 10.2. The van der Waals surface area contributed by atoms with Gasteiger partial charge in [-0.1, -0.05) is 12.1 Å². The Hall–Kier alpha value is -3.22. The van der Waals surface area contributed by atoms with E-state index in [-0.39, 0.29) is 18.2 Å². The van der Waals surface area contributed by atoms with Crippen molar-refractivity contribution in [2.45, 2.75) is 40.3 Å². The van der Waals surface area contributed by atoms with Crippen LogP contribution in [0.1, 0.15) is 43.0 Å². The third-order valence-corrected chi connectivity index (χ3v) is 4.99. The number of carbonyl (C=O) groups is 2. The average Bonchev–Trinajstić information content (AvgIpc) is 2.99. The second kappa shape index (κ2) is 8.43. The predicted molar refractivity (Wildman–Crippen MR) is 108 cm³/mol. The Labute approximate surface area is 168 Å². The number of fused-ring (bicyclic) bond motifs is 1. The molecule has 3 rings (SSSR count). The summed E-state index contributed by atoms with van der Waals surface area (Å²) >= 11 is 0. The van der Waals surface area contributed by atoms with Crippen LogP contribution >= 0.6 is 0 Å². The van der Waals surface area contributed by atoms with Gasteiger partial charge in [-0.15, -0.1) is 0 Å². The van der Waals surface area contributed by atoms with Gasteiger partial charge in [0.15, 0.2) is 17.1 Å². The lowest BCUT2D eigenvalue weighted by Gasteiger charge is -2.12. The van der Waals surface area contributed by atoms with E-state index in [0.29, 0.717) is 12.1 Å². The van der Waals surface area contributed by atoms with Gasteiger partial charge in [-0.05, 0) is 45.0 Å². The molecule has 7 heteroatoms. The minimum atomic E-state index is -0.623. The number of nitrogens with zero attached hydrogens (tertiary/aromatic N) is 2. The molecule has 0 radical (unpaired) electrons. The number of imidazole rings is 1. The standard InChI is InChI=1S/C22H24FN3O3/c1-5-25-15(4)26(14(3)21(27)24-18-10-8-7-9-17(18)23)20-13-16(11-12-19(20)25)22(28)29-6-2/h7-14H,5-6H2,1-4H3/p+1/t14-/m0/s1. The molecule has 3 aromatic rings. The third-order valence-electron chi connectivity index (χ3n) is 4.99. The first-order valence-electron chi connectivity index (χ1n) is 9.65. The summed E-state index contributed by atoms with van der Waals surface area (Å²) in [7, 11) is 0. The second-order valence-electron chi connectivity index (χ2n) is 6.73. The molecule has 152 valence electrons. The van der Waals surface area contributed by atoms with Crippen LogP contribution in [0.4, 0.5) is 10.1 Å². The van der Waals surface area contributed by atoms with E-state index in [4.69, 9.17) is 4.74 Å². The number of hydrogen-bond acceptors (Lipinski definition) is 3. The molecule has 0 spiro atoms. The largest absolute Gasteiger partial charge is 0.462 e. The number of hydrogen-bond donors (Lipinski definition) is 1. The average molecular weight is 398 g/mol. The number of halogens is 1. The summed E-state index contributed by atoms with van der Waals surface area (Å²) in [4.78, 5) is 25.1. The number of rotatable bonds is 6. The van der Waals surface area contributed by atoms with Crippen LogP contribution in [0.25, 0.3) is 11.0 Å². The highest BCUT2D eigenvalue weighted by molar-refractivity contribution is 5.96. The van der Waals surface area contributed by atoms with Gasteiger partial charge in [0, 0.05) is 13.0 Å². The Morgan fingerprint density at radius 3 is 2.59 bits per heavy atom. The molecule has 1 N–H and O–H groups in total. The molecule has 0 unspecified atom stereocenters. The van der Waals surface area contributed by atoms with Gasteiger partial charge in [-0.2, -0.15) is 0 Å². The summed E-state index contributed by atoms with van der Waals surface area (Å²) < 4.78 is 23.0. The highest BCUT2D eigenvalue weighted by Gasteiger charge is 2.30. The molecule has 1 atom stereocenters. The number of aryl methyl sites for hydroxylation is 1. The lowest BCUT2D eigenvalue weighted by Crippen LogP contribution is -2.36. The molecular formula is C22H25FN3O3+. The van der Waals surface area contributed by atoms with E-state index in [1.165, 1.54) is 12.1 Å². The fraction of sp³-hybridized carbons (Fsp3) is 0.318. The third kappa shape index (κ3) is 3.85. The van der Waals surface area contributed by atoms with Gasteiger partial charge in [0.25, 0.3) is 11.7 Å². The van der Waals surface area contributed by atoms with Crippen LogP contribution in [0.15, 0.2) is 42.5 Å². The van der Waals surface area contributed by atoms with Crippen LogP contribution in [0.3, 0.4) is 0 Å². The van der Waals surface area contributed by atoms with Gasteiger partial charge in [0.05, 0.1) is 24.4 Å². The number of nitrogens with one attached hydrogen (secondary N) is 1. The van der Waals surface area contributed by atoms with Crippen molar-refractivity contribution >= 4 is 28.6 Å². The van der Waals surface area contributed by atoms with Crippen molar-refractivity contribution in [3.63, 3.8) is 0 Å². The molecule has 6 nitrogen and oxygen atoms in total. The Balaban J connectivity index is 2.05. The van der Waals surface area contributed by atoms with Crippen LogP contribution < -0.4 is 9.88 Å². The molecule has 1 amide bonds.